The molecule has 3 aromatic rings. The number of rotatable bonds is 1. The Hall–Kier alpha value is -1.33. The number of hydrogen-bond donors (Lipinski definition) is 0. The van der Waals surface area contributed by atoms with Crippen LogP contribution in [0.4, 0.5) is 5.69 Å². The Balaban J connectivity index is 0.000000215. The number of hydrogen-bond acceptors (Lipinski definition) is 7. The summed E-state index contributed by atoms with van der Waals surface area (Å²) in [4.78, 5) is 6.20. The van der Waals surface area contributed by atoms with Crippen molar-refractivity contribution in [2.24, 2.45) is 0 Å². The molecule has 0 bridgehead atoms. The van der Waals surface area contributed by atoms with Gasteiger partial charge in [-0.25, -0.2) is 0 Å². The summed E-state index contributed by atoms with van der Waals surface area (Å²) in [7, 11) is 0. The number of anilines is 1. The molecule has 1 aliphatic rings. The molecule has 7 nitrogen and oxygen atoms in total. The third-order valence-electron chi connectivity index (χ3n) is 3.11. The fourth-order valence-corrected chi connectivity index (χ4v) is 2.56. The van der Waals surface area contributed by atoms with Gasteiger partial charge in [0.25, 0.3) is 0 Å². The summed E-state index contributed by atoms with van der Waals surface area (Å²) in [5.41, 5.74) is 4.85. The first-order chi connectivity index (χ1) is 10.3. The van der Waals surface area contributed by atoms with Crippen molar-refractivity contribution in [1.29, 1.82) is 0 Å². The van der Waals surface area contributed by atoms with E-state index in [0.29, 0.717) is 0 Å². The molecule has 1 fully saturated rings. The molecule has 0 spiro atoms. The van der Waals surface area contributed by atoms with Crippen molar-refractivity contribution in [2.75, 3.05) is 31.2 Å². The molecule has 22 heavy (non-hydrogen) atoms. The number of tetrazole rings is 1. The van der Waals surface area contributed by atoms with E-state index >= 15 is 0 Å². The zero-order valence-electron chi connectivity index (χ0n) is 12.1. The summed E-state index contributed by atoms with van der Waals surface area (Å²) >= 11 is 1.63. The van der Waals surface area contributed by atoms with Gasteiger partial charge in [-0.1, -0.05) is 0 Å². The number of aromatic nitrogens is 5. The molecule has 9 heteroatoms. The van der Waals surface area contributed by atoms with Crippen LogP contribution in [-0.2, 0) is 4.74 Å². The minimum atomic E-state index is 0. The molecule has 0 amide bonds. The number of nitrogens with zero attached hydrogens (tertiary/aromatic N) is 6. The number of thiazole rings is 1. The second-order valence-corrected chi connectivity index (χ2v) is 5.32. The van der Waals surface area contributed by atoms with Gasteiger partial charge in [-0.15, -0.1) is 40.4 Å². The molecule has 0 N–H and O–H groups in total. The minimum absolute atomic E-state index is 0. The van der Waals surface area contributed by atoms with Crippen LogP contribution < -0.4 is 4.90 Å². The van der Waals surface area contributed by atoms with E-state index in [-0.39, 0.29) is 24.0 Å². The largest absolute Gasteiger partial charge is 0.378 e. The first kappa shape index (κ1) is 17.0. The maximum atomic E-state index is 5.30. The highest BCUT2D eigenvalue weighted by molar-refractivity contribution is 14.0. The Morgan fingerprint density at radius 3 is 2.68 bits per heavy atom. The summed E-state index contributed by atoms with van der Waals surface area (Å²) in [6.45, 7) is 5.40. The maximum Gasteiger partial charge on any atom is 0.179 e. The SMILES string of the molecule is Cc1cscn1.I.c1cc2nnnn2cc1N1CCOCC1. The first-order valence-corrected chi connectivity index (χ1v) is 7.62. The molecule has 0 saturated carbocycles. The number of ether oxygens (including phenoxy) is 1. The van der Waals surface area contributed by atoms with Gasteiger partial charge in [0.15, 0.2) is 5.65 Å². The quantitative estimate of drug-likeness (QED) is 0.549. The number of morpholine rings is 1. The molecule has 0 aromatic carbocycles. The number of fused-ring (bicyclic) bond motifs is 1. The van der Waals surface area contributed by atoms with E-state index in [9.17, 15) is 0 Å². The molecule has 4 heterocycles. The van der Waals surface area contributed by atoms with Gasteiger partial charge in [-0.3, -0.25) is 4.98 Å². The Kier molecular flexibility index (Phi) is 6.46. The van der Waals surface area contributed by atoms with Crippen molar-refractivity contribution >= 4 is 46.6 Å². The van der Waals surface area contributed by atoms with E-state index in [0.717, 1.165) is 43.3 Å². The summed E-state index contributed by atoms with van der Waals surface area (Å²) < 4.78 is 6.99. The lowest BCUT2D eigenvalue weighted by Crippen LogP contribution is -2.36. The van der Waals surface area contributed by atoms with Crippen LogP contribution in [-0.4, -0.2) is 51.3 Å². The van der Waals surface area contributed by atoms with E-state index in [1.165, 1.54) is 0 Å². The molecule has 0 atom stereocenters. The standard InChI is InChI=1S/C9H11N5O.C4H5NS.HI/c1-2-9-10-11-12-14(9)7-8(1)13-3-5-15-6-4-13;1-4-2-6-3-5-4;/h1-2,7H,3-6H2;2-3H,1H3;1H. The maximum absolute atomic E-state index is 5.30. The van der Waals surface area contributed by atoms with Crippen molar-refractivity contribution in [3.05, 3.63) is 34.9 Å². The summed E-state index contributed by atoms with van der Waals surface area (Å²) in [6.07, 6.45) is 1.95. The Labute approximate surface area is 149 Å². The Bertz CT molecular complexity index is 683. The van der Waals surface area contributed by atoms with Gasteiger partial charge in [0, 0.05) is 24.2 Å². The molecule has 1 saturated heterocycles. The summed E-state index contributed by atoms with van der Waals surface area (Å²) in [6, 6.07) is 3.96. The van der Waals surface area contributed by atoms with Crippen LogP contribution in [0.25, 0.3) is 5.65 Å². The number of aryl methyl sites for hydroxylation is 1. The predicted molar refractivity (Wildman–Crippen MR) is 96.1 cm³/mol. The van der Waals surface area contributed by atoms with Crippen molar-refractivity contribution in [2.45, 2.75) is 6.92 Å². The van der Waals surface area contributed by atoms with Gasteiger partial charge < -0.3 is 9.64 Å². The van der Waals surface area contributed by atoms with Gasteiger partial charge >= 0.3 is 0 Å². The molecule has 0 aliphatic carbocycles. The molecule has 118 valence electrons. The van der Waals surface area contributed by atoms with Gasteiger partial charge in [0.1, 0.15) is 0 Å². The molecular weight excluding hydrogens is 415 g/mol. The van der Waals surface area contributed by atoms with Gasteiger partial charge in [0.2, 0.25) is 0 Å². The predicted octanol–water partition coefficient (Wildman–Crippen LogP) is 2.03. The van der Waals surface area contributed by atoms with Crippen LogP contribution in [0, 0.1) is 6.92 Å². The topological polar surface area (TPSA) is 68.4 Å². The van der Waals surface area contributed by atoms with Crippen LogP contribution in [0.1, 0.15) is 5.69 Å². The van der Waals surface area contributed by atoms with Crippen LogP contribution in [0.5, 0.6) is 0 Å². The average Bonchev–Trinajstić information content (AvgIpc) is 3.19. The minimum Gasteiger partial charge on any atom is -0.378 e. The van der Waals surface area contributed by atoms with Gasteiger partial charge in [0.05, 0.1) is 30.6 Å². The number of pyridine rings is 1. The van der Waals surface area contributed by atoms with E-state index in [4.69, 9.17) is 4.74 Å². The molecular formula is C13H17IN6OS. The van der Waals surface area contributed by atoms with Gasteiger partial charge in [-0.2, -0.15) is 4.52 Å². The molecule has 3 aromatic heterocycles. The van der Waals surface area contributed by atoms with Crippen molar-refractivity contribution in [3.63, 3.8) is 0 Å². The smallest absolute Gasteiger partial charge is 0.179 e. The van der Waals surface area contributed by atoms with Crippen LogP contribution in [0.15, 0.2) is 29.2 Å². The molecule has 1 aliphatic heterocycles. The lowest BCUT2D eigenvalue weighted by molar-refractivity contribution is 0.122. The fraction of sp³-hybridized carbons (Fsp3) is 0.385. The van der Waals surface area contributed by atoms with E-state index < -0.39 is 0 Å². The average molecular weight is 432 g/mol. The first-order valence-electron chi connectivity index (χ1n) is 6.68. The van der Waals surface area contributed by atoms with Gasteiger partial charge in [-0.05, 0) is 29.5 Å². The molecule has 0 radical (unpaired) electrons. The van der Waals surface area contributed by atoms with E-state index in [2.05, 4.69) is 25.4 Å². The molecule has 4 rings (SSSR count). The second kappa shape index (κ2) is 8.34. The highest BCUT2D eigenvalue weighted by atomic mass is 127. The lowest BCUT2D eigenvalue weighted by Gasteiger charge is -2.28. The third-order valence-corrected chi connectivity index (χ3v) is 3.81. The normalized spacial score (nSPS) is 14.1. The van der Waals surface area contributed by atoms with E-state index in [1.54, 1.807) is 15.9 Å². The second-order valence-electron chi connectivity index (χ2n) is 4.60. The van der Waals surface area contributed by atoms with Crippen LogP contribution >= 0.6 is 35.3 Å². The zero-order chi connectivity index (χ0) is 14.5. The van der Waals surface area contributed by atoms with Crippen LogP contribution in [0.3, 0.4) is 0 Å². The fourth-order valence-electron chi connectivity index (χ4n) is 2.01. The third kappa shape index (κ3) is 4.34. The van der Waals surface area contributed by atoms with E-state index in [1.807, 2.05) is 36.1 Å². The highest BCUT2D eigenvalue weighted by Crippen LogP contribution is 2.15. The lowest BCUT2D eigenvalue weighted by atomic mass is 10.3. The summed E-state index contributed by atoms with van der Waals surface area (Å²) in [5.74, 6) is 0. The monoisotopic (exact) mass is 432 g/mol. The number of halogens is 1. The zero-order valence-corrected chi connectivity index (χ0v) is 15.3. The molecule has 0 unspecified atom stereocenters. The van der Waals surface area contributed by atoms with Crippen molar-refractivity contribution in [1.82, 2.24) is 25.0 Å². The summed E-state index contributed by atoms with van der Waals surface area (Å²) in [5, 5.41) is 13.4. The van der Waals surface area contributed by atoms with Crippen molar-refractivity contribution in [3.8, 4) is 0 Å². The highest BCUT2D eigenvalue weighted by Gasteiger charge is 2.11. The van der Waals surface area contributed by atoms with Crippen molar-refractivity contribution < 1.29 is 4.74 Å². The Morgan fingerprint density at radius 1 is 1.23 bits per heavy atom. The van der Waals surface area contributed by atoms with Crippen LogP contribution in [0.2, 0.25) is 0 Å². The Morgan fingerprint density at radius 2 is 2.05 bits per heavy atom.